The maximum absolute atomic E-state index is 12.9. The van der Waals surface area contributed by atoms with Crippen LogP contribution in [0, 0.1) is 11.8 Å². The molecule has 32 heavy (non-hydrogen) atoms. The summed E-state index contributed by atoms with van der Waals surface area (Å²) in [4.78, 5) is 19.1. The Morgan fingerprint density at radius 3 is 2.81 bits per heavy atom. The van der Waals surface area contributed by atoms with Crippen LogP contribution in [-0.2, 0) is 17.8 Å². The molecule has 4 N–H and O–H groups in total. The van der Waals surface area contributed by atoms with Crippen LogP contribution in [0.25, 0.3) is 20.8 Å². The molecule has 2 aromatic heterocycles. The smallest absolute Gasteiger partial charge is 0.226 e. The van der Waals surface area contributed by atoms with Crippen LogP contribution in [0.15, 0.2) is 24.3 Å². The van der Waals surface area contributed by atoms with E-state index in [1.54, 1.807) is 22.7 Å². The number of hydrogen-bond donors (Lipinski definition) is 4. The van der Waals surface area contributed by atoms with Crippen molar-refractivity contribution >= 4 is 43.8 Å². The van der Waals surface area contributed by atoms with E-state index in [-0.39, 0.29) is 5.91 Å². The summed E-state index contributed by atoms with van der Waals surface area (Å²) in [5.41, 5.74) is 3.52. The molecule has 6 nitrogen and oxygen atoms in total. The average molecular weight is 468 g/mol. The van der Waals surface area contributed by atoms with Gasteiger partial charge in [-0.1, -0.05) is 12.1 Å². The molecule has 2 aliphatic heterocycles. The lowest BCUT2D eigenvalue weighted by Gasteiger charge is -2.14. The highest BCUT2D eigenvalue weighted by molar-refractivity contribution is 7.22. The molecule has 1 aromatic carbocycles. The summed E-state index contributed by atoms with van der Waals surface area (Å²) in [5, 5.41) is 15.8. The second-order valence-corrected chi connectivity index (χ2v) is 11.4. The van der Waals surface area contributed by atoms with Crippen molar-refractivity contribution in [3.63, 3.8) is 0 Å². The Kier molecular flexibility index (Phi) is 5.73. The highest BCUT2D eigenvalue weighted by Gasteiger charge is 2.36. The Balaban J connectivity index is 1.16. The molecule has 0 spiro atoms. The number of aromatic nitrogens is 1. The Labute approximate surface area is 196 Å². The third-order valence-corrected chi connectivity index (χ3v) is 9.33. The number of fused-ring (bicyclic) bond motifs is 3. The van der Waals surface area contributed by atoms with Crippen molar-refractivity contribution in [3.05, 3.63) is 34.7 Å². The van der Waals surface area contributed by atoms with Crippen molar-refractivity contribution in [3.8, 4) is 10.6 Å². The van der Waals surface area contributed by atoms with Crippen molar-refractivity contribution < 1.29 is 4.79 Å². The first-order valence-corrected chi connectivity index (χ1v) is 13.3. The molecule has 0 bridgehead atoms. The summed E-state index contributed by atoms with van der Waals surface area (Å²) in [6.07, 6.45) is 3.97. The van der Waals surface area contributed by atoms with E-state index in [1.807, 2.05) is 6.07 Å². The van der Waals surface area contributed by atoms with E-state index in [0.717, 1.165) is 72.1 Å². The number of para-hydroxylation sites is 1. The molecule has 1 amide bonds. The van der Waals surface area contributed by atoms with E-state index in [9.17, 15) is 4.79 Å². The lowest BCUT2D eigenvalue weighted by Crippen LogP contribution is -2.31. The molecule has 168 valence electrons. The van der Waals surface area contributed by atoms with Crippen LogP contribution in [-0.4, -0.2) is 43.1 Å². The van der Waals surface area contributed by atoms with E-state index in [2.05, 4.69) is 39.5 Å². The van der Waals surface area contributed by atoms with Gasteiger partial charge in [0, 0.05) is 36.0 Å². The van der Waals surface area contributed by atoms with E-state index in [1.165, 1.54) is 28.0 Å². The quantitative estimate of drug-likeness (QED) is 0.446. The summed E-state index contributed by atoms with van der Waals surface area (Å²) < 4.78 is 1.19. The number of rotatable bonds is 6. The highest BCUT2D eigenvalue weighted by atomic mass is 32.1. The topological polar surface area (TPSA) is 78.1 Å². The molecule has 0 radical (unpaired) electrons. The van der Waals surface area contributed by atoms with Gasteiger partial charge in [0.05, 0.1) is 10.2 Å². The SMILES string of the molecule is O=C(CCN[C@@H]1C[C@H]2CNC[C@H]2C1)Nc1sc2c(c1-c1nc3ccccc3s1)CCNC2. The molecule has 6 rings (SSSR count). The minimum Gasteiger partial charge on any atom is -0.317 e. The third-order valence-electron chi connectivity index (χ3n) is 7.13. The minimum atomic E-state index is 0.0891. The van der Waals surface area contributed by atoms with Crippen LogP contribution < -0.4 is 21.3 Å². The fourth-order valence-corrected chi connectivity index (χ4v) is 7.88. The van der Waals surface area contributed by atoms with Gasteiger partial charge in [-0.3, -0.25) is 4.79 Å². The molecule has 8 heteroatoms. The lowest BCUT2D eigenvalue weighted by molar-refractivity contribution is -0.116. The van der Waals surface area contributed by atoms with Gasteiger partial charge in [0.25, 0.3) is 0 Å². The third kappa shape index (κ3) is 3.99. The van der Waals surface area contributed by atoms with Crippen LogP contribution in [0.1, 0.15) is 29.7 Å². The molecular weight excluding hydrogens is 438 g/mol. The van der Waals surface area contributed by atoms with Crippen LogP contribution in [0.3, 0.4) is 0 Å². The van der Waals surface area contributed by atoms with Gasteiger partial charge in [-0.25, -0.2) is 4.98 Å². The Bertz CT molecular complexity index is 1090. The lowest BCUT2D eigenvalue weighted by atomic mass is 10.0. The van der Waals surface area contributed by atoms with Crippen LogP contribution >= 0.6 is 22.7 Å². The van der Waals surface area contributed by atoms with Gasteiger partial charge in [0.15, 0.2) is 0 Å². The second kappa shape index (κ2) is 8.83. The molecule has 2 fully saturated rings. The Hall–Kier alpha value is -1.84. The molecule has 1 aliphatic carbocycles. The van der Waals surface area contributed by atoms with Crippen molar-refractivity contribution in [2.75, 3.05) is 31.5 Å². The van der Waals surface area contributed by atoms with Crippen molar-refractivity contribution in [2.45, 2.75) is 38.3 Å². The van der Waals surface area contributed by atoms with Crippen LogP contribution in [0.5, 0.6) is 0 Å². The van der Waals surface area contributed by atoms with E-state index < -0.39 is 0 Å². The monoisotopic (exact) mass is 467 g/mol. The fraction of sp³-hybridized carbons (Fsp3) is 0.500. The van der Waals surface area contributed by atoms with Gasteiger partial charge in [-0.05, 0) is 68.4 Å². The van der Waals surface area contributed by atoms with Gasteiger partial charge in [0.1, 0.15) is 10.0 Å². The average Bonchev–Trinajstić information content (AvgIpc) is 3.54. The summed E-state index contributed by atoms with van der Waals surface area (Å²) in [7, 11) is 0. The number of anilines is 1. The summed E-state index contributed by atoms with van der Waals surface area (Å²) in [6, 6.07) is 8.84. The molecule has 1 saturated carbocycles. The number of amides is 1. The zero-order chi connectivity index (χ0) is 21.5. The van der Waals surface area contributed by atoms with E-state index in [0.29, 0.717) is 12.5 Å². The van der Waals surface area contributed by atoms with Gasteiger partial charge in [0.2, 0.25) is 5.91 Å². The van der Waals surface area contributed by atoms with Gasteiger partial charge in [-0.2, -0.15) is 0 Å². The largest absolute Gasteiger partial charge is 0.317 e. The number of thiophene rings is 1. The molecular formula is C24H29N5OS2. The van der Waals surface area contributed by atoms with Gasteiger partial charge in [-0.15, -0.1) is 22.7 Å². The number of thiazole rings is 1. The van der Waals surface area contributed by atoms with Crippen molar-refractivity contribution in [1.82, 2.24) is 20.9 Å². The maximum atomic E-state index is 12.9. The zero-order valence-electron chi connectivity index (χ0n) is 18.1. The highest BCUT2D eigenvalue weighted by Crippen LogP contribution is 2.44. The predicted octanol–water partition coefficient (Wildman–Crippen LogP) is 3.59. The number of nitrogens with one attached hydrogen (secondary N) is 4. The van der Waals surface area contributed by atoms with Crippen LogP contribution in [0.2, 0.25) is 0 Å². The molecule has 1 saturated heterocycles. The number of carbonyl (C=O) groups excluding carboxylic acids is 1. The number of nitrogens with zero attached hydrogens (tertiary/aromatic N) is 1. The molecule has 3 aromatic rings. The maximum Gasteiger partial charge on any atom is 0.226 e. The molecule has 0 unspecified atom stereocenters. The summed E-state index contributed by atoms with van der Waals surface area (Å²) in [6.45, 7) is 4.91. The molecule has 3 atom stereocenters. The minimum absolute atomic E-state index is 0.0891. The van der Waals surface area contributed by atoms with E-state index in [4.69, 9.17) is 4.98 Å². The number of benzene rings is 1. The second-order valence-electron chi connectivity index (χ2n) is 9.22. The normalized spacial score (nSPS) is 24.6. The Morgan fingerprint density at radius 1 is 1.12 bits per heavy atom. The standard InChI is InChI=1S/C24H29N5OS2/c30-21(6-8-27-16-9-14-11-26-12-15(14)10-16)29-24-22(17-5-7-25-13-20(17)32-24)23-28-18-3-1-2-4-19(18)31-23/h1-4,14-16,25-27H,5-13H2,(H,29,30)/t14-,15+,16+. The Morgan fingerprint density at radius 2 is 1.97 bits per heavy atom. The summed E-state index contributed by atoms with van der Waals surface area (Å²) >= 11 is 3.43. The van der Waals surface area contributed by atoms with Gasteiger partial charge < -0.3 is 21.3 Å². The molecule has 3 aliphatic rings. The first-order chi connectivity index (χ1) is 15.7. The fourth-order valence-electron chi connectivity index (χ4n) is 5.54. The number of carbonyl (C=O) groups is 1. The van der Waals surface area contributed by atoms with Gasteiger partial charge >= 0.3 is 0 Å². The zero-order valence-corrected chi connectivity index (χ0v) is 19.7. The summed E-state index contributed by atoms with van der Waals surface area (Å²) in [5.74, 6) is 1.73. The number of hydrogen-bond acceptors (Lipinski definition) is 7. The molecule has 4 heterocycles. The first kappa shape index (κ1) is 20.7. The van der Waals surface area contributed by atoms with Crippen molar-refractivity contribution in [1.29, 1.82) is 0 Å². The van der Waals surface area contributed by atoms with E-state index >= 15 is 0 Å². The van der Waals surface area contributed by atoms with Crippen molar-refractivity contribution in [2.24, 2.45) is 11.8 Å². The predicted molar refractivity (Wildman–Crippen MR) is 132 cm³/mol. The van der Waals surface area contributed by atoms with Crippen LogP contribution in [0.4, 0.5) is 5.00 Å². The first-order valence-electron chi connectivity index (χ1n) is 11.7.